The quantitative estimate of drug-likeness (QED) is 0.205. The molecule has 1 aliphatic rings. The highest BCUT2D eigenvalue weighted by Gasteiger charge is 2.28. The van der Waals surface area contributed by atoms with Crippen molar-refractivity contribution in [2.75, 3.05) is 18.0 Å². The second kappa shape index (κ2) is 14.7. The maximum absolute atomic E-state index is 17.1. The van der Waals surface area contributed by atoms with E-state index in [1.54, 1.807) is 19.9 Å². The van der Waals surface area contributed by atoms with Crippen LogP contribution < -0.4 is 10.6 Å². The van der Waals surface area contributed by atoms with Crippen molar-refractivity contribution in [1.29, 1.82) is 5.26 Å². The van der Waals surface area contributed by atoms with Gasteiger partial charge in [-0.1, -0.05) is 59.4 Å². The van der Waals surface area contributed by atoms with Gasteiger partial charge in [-0.2, -0.15) is 5.26 Å². The minimum Gasteiger partial charge on any atom is -0.401 e. The molecule has 5 nitrogen and oxygen atoms in total. The predicted molar refractivity (Wildman–Crippen MR) is 183 cm³/mol. The van der Waals surface area contributed by atoms with Crippen molar-refractivity contribution in [2.45, 2.75) is 113 Å². The van der Waals surface area contributed by atoms with Crippen LogP contribution in [0.2, 0.25) is 0 Å². The van der Waals surface area contributed by atoms with Gasteiger partial charge in [0, 0.05) is 41.7 Å². The number of benzene rings is 2. The Balaban J connectivity index is 1.94. The van der Waals surface area contributed by atoms with Crippen molar-refractivity contribution in [1.82, 2.24) is 9.97 Å². The SMILES string of the molecule is CCCCC(C)(CCCC)CCc1nc(N2CCCC(C)C2)c2cc(C)c(-c3ccc(F)c(C)c3/C(C#N)=C(\C)N)c(F)c2n1. The minimum absolute atomic E-state index is 0.144. The van der Waals surface area contributed by atoms with Gasteiger partial charge in [-0.05, 0) is 93.0 Å². The Morgan fingerprint density at radius 1 is 1.11 bits per heavy atom. The summed E-state index contributed by atoms with van der Waals surface area (Å²) < 4.78 is 32.0. The number of allylic oxidation sites excluding steroid dienone is 2. The molecular formula is C38H51F2N5. The summed E-state index contributed by atoms with van der Waals surface area (Å²) >= 11 is 0. The number of anilines is 1. The summed E-state index contributed by atoms with van der Waals surface area (Å²) in [5.41, 5.74) is 8.95. The Bertz CT molecular complexity index is 1590. The van der Waals surface area contributed by atoms with Gasteiger partial charge in [0.2, 0.25) is 0 Å². The van der Waals surface area contributed by atoms with Crippen molar-refractivity contribution in [3.8, 4) is 17.2 Å². The molecule has 0 radical (unpaired) electrons. The number of rotatable bonds is 12. The zero-order valence-electron chi connectivity index (χ0n) is 28.4. The first-order valence-corrected chi connectivity index (χ1v) is 16.9. The van der Waals surface area contributed by atoms with Gasteiger partial charge in [-0.3, -0.25) is 0 Å². The summed E-state index contributed by atoms with van der Waals surface area (Å²) in [5, 5.41) is 10.7. The van der Waals surface area contributed by atoms with E-state index in [2.05, 4.69) is 38.7 Å². The van der Waals surface area contributed by atoms with Crippen LogP contribution in [0.25, 0.3) is 27.6 Å². The fourth-order valence-electron chi connectivity index (χ4n) is 7.00. The number of fused-ring (bicyclic) bond motifs is 1. The summed E-state index contributed by atoms with van der Waals surface area (Å²) in [6, 6.07) is 6.98. The monoisotopic (exact) mass is 615 g/mol. The molecule has 0 aliphatic carbocycles. The Labute approximate surface area is 268 Å². The van der Waals surface area contributed by atoms with Crippen molar-refractivity contribution >= 4 is 22.3 Å². The average molecular weight is 616 g/mol. The Morgan fingerprint density at radius 2 is 1.80 bits per heavy atom. The Kier molecular flexibility index (Phi) is 11.2. The van der Waals surface area contributed by atoms with E-state index in [1.807, 2.05) is 13.0 Å². The zero-order valence-corrected chi connectivity index (χ0v) is 28.4. The number of halogens is 2. The summed E-state index contributed by atoms with van der Waals surface area (Å²) in [6.45, 7) is 15.9. The molecule has 1 unspecified atom stereocenters. The maximum Gasteiger partial charge on any atom is 0.157 e. The molecule has 1 atom stereocenters. The third-order valence-electron chi connectivity index (χ3n) is 9.76. The number of nitrogens with zero attached hydrogens (tertiary/aromatic N) is 4. The molecule has 7 heteroatoms. The van der Waals surface area contributed by atoms with Crippen molar-refractivity contribution in [3.63, 3.8) is 0 Å². The molecule has 2 aromatic carbocycles. The third-order valence-corrected chi connectivity index (χ3v) is 9.76. The summed E-state index contributed by atoms with van der Waals surface area (Å²) in [7, 11) is 0. The molecule has 2 heterocycles. The average Bonchev–Trinajstić information content (AvgIpc) is 3.01. The number of hydrogen-bond donors (Lipinski definition) is 1. The van der Waals surface area contributed by atoms with E-state index in [0.717, 1.165) is 57.4 Å². The van der Waals surface area contributed by atoms with Crippen LogP contribution in [0.1, 0.15) is 115 Å². The second-order valence-electron chi connectivity index (χ2n) is 13.7. The molecule has 0 saturated carbocycles. The summed E-state index contributed by atoms with van der Waals surface area (Å²) in [4.78, 5) is 12.4. The van der Waals surface area contributed by atoms with Gasteiger partial charge in [0.15, 0.2) is 5.82 Å². The molecule has 3 aromatic rings. The summed E-state index contributed by atoms with van der Waals surface area (Å²) in [6.07, 6.45) is 10.9. The van der Waals surface area contributed by atoms with Crippen LogP contribution in [0, 0.1) is 48.1 Å². The number of unbranched alkanes of at least 4 members (excludes halogenated alkanes) is 2. The standard InChI is InChI=1S/C38H51F2N5/c1-8-10-17-38(7,18-11-9-2)19-16-32-43-36-29(37(44-32)45-20-12-13-24(3)23-45)21-25(4)33(35(36)40)28-14-15-31(39)26(5)34(28)30(22-41)27(6)42/h14-15,21,24H,8-13,16-20,23,42H2,1-7H3/b30-27+. The molecule has 0 spiro atoms. The number of aryl methyl sites for hydroxylation is 2. The summed E-state index contributed by atoms with van der Waals surface area (Å²) in [5.74, 6) is 1.03. The van der Waals surface area contributed by atoms with Crippen molar-refractivity contribution in [3.05, 3.63) is 58.0 Å². The zero-order chi connectivity index (χ0) is 32.9. The van der Waals surface area contributed by atoms with E-state index in [4.69, 9.17) is 15.7 Å². The van der Waals surface area contributed by atoms with Crippen LogP contribution >= 0.6 is 0 Å². The third kappa shape index (κ3) is 7.48. The fourth-order valence-corrected chi connectivity index (χ4v) is 7.00. The van der Waals surface area contributed by atoms with Gasteiger partial charge in [0.1, 0.15) is 29.0 Å². The van der Waals surface area contributed by atoms with Crippen molar-refractivity contribution in [2.24, 2.45) is 17.1 Å². The van der Waals surface area contributed by atoms with Gasteiger partial charge < -0.3 is 10.6 Å². The lowest BCUT2D eigenvalue weighted by atomic mass is 9.76. The number of nitrogens with two attached hydrogens (primary N) is 1. The van der Waals surface area contributed by atoms with E-state index >= 15 is 4.39 Å². The second-order valence-corrected chi connectivity index (χ2v) is 13.7. The molecule has 242 valence electrons. The van der Waals surface area contributed by atoms with Gasteiger partial charge in [0.05, 0.1) is 5.57 Å². The van der Waals surface area contributed by atoms with Gasteiger partial charge in [-0.25, -0.2) is 18.7 Å². The van der Waals surface area contributed by atoms with Gasteiger partial charge >= 0.3 is 0 Å². The Morgan fingerprint density at radius 3 is 2.40 bits per heavy atom. The number of piperidine rings is 1. The lowest BCUT2D eigenvalue weighted by molar-refractivity contribution is 0.234. The van der Waals surface area contributed by atoms with Crippen LogP contribution in [0.15, 0.2) is 23.9 Å². The molecule has 4 rings (SSSR count). The van der Waals surface area contributed by atoms with E-state index in [0.29, 0.717) is 45.8 Å². The fraction of sp³-hybridized carbons (Fsp3) is 0.553. The number of hydrogen-bond acceptors (Lipinski definition) is 5. The van der Waals surface area contributed by atoms with Crippen LogP contribution in [-0.2, 0) is 6.42 Å². The molecular weight excluding hydrogens is 564 g/mol. The van der Waals surface area contributed by atoms with E-state index in [-0.39, 0.29) is 27.8 Å². The molecule has 2 N–H and O–H groups in total. The topological polar surface area (TPSA) is 78.8 Å². The van der Waals surface area contributed by atoms with Crippen LogP contribution in [0.5, 0.6) is 0 Å². The molecule has 1 aliphatic heterocycles. The predicted octanol–water partition coefficient (Wildman–Crippen LogP) is 9.96. The van der Waals surface area contributed by atoms with E-state index in [9.17, 15) is 9.65 Å². The first kappa shape index (κ1) is 34.3. The van der Waals surface area contributed by atoms with Crippen LogP contribution in [0.4, 0.5) is 14.6 Å². The number of nitriles is 1. The lowest BCUT2D eigenvalue weighted by Gasteiger charge is -2.33. The lowest BCUT2D eigenvalue weighted by Crippen LogP contribution is -2.35. The normalized spacial score (nSPS) is 16.2. The van der Waals surface area contributed by atoms with Gasteiger partial charge in [0.25, 0.3) is 0 Å². The van der Waals surface area contributed by atoms with Crippen molar-refractivity contribution < 1.29 is 8.78 Å². The maximum atomic E-state index is 17.1. The Hall–Kier alpha value is -3.53. The van der Waals surface area contributed by atoms with Crippen LogP contribution in [-0.4, -0.2) is 23.1 Å². The molecule has 1 saturated heterocycles. The first-order chi connectivity index (χ1) is 21.4. The van der Waals surface area contributed by atoms with E-state index in [1.165, 1.54) is 25.3 Å². The van der Waals surface area contributed by atoms with Gasteiger partial charge in [-0.15, -0.1) is 0 Å². The smallest absolute Gasteiger partial charge is 0.157 e. The highest BCUT2D eigenvalue weighted by atomic mass is 19.1. The minimum atomic E-state index is -0.473. The molecule has 45 heavy (non-hydrogen) atoms. The van der Waals surface area contributed by atoms with E-state index < -0.39 is 11.6 Å². The number of aromatic nitrogens is 2. The largest absolute Gasteiger partial charge is 0.401 e. The highest BCUT2D eigenvalue weighted by Crippen LogP contribution is 2.41. The molecule has 1 aromatic heterocycles. The molecule has 0 amide bonds. The first-order valence-electron chi connectivity index (χ1n) is 16.9. The molecule has 1 fully saturated rings. The van der Waals surface area contributed by atoms with Crippen LogP contribution in [0.3, 0.4) is 0 Å². The highest BCUT2D eigenvalue weighted by molar-refractivity contribution is 5.97. The molecule has 0 bridgehead atoms.